The second-order valence-electron chi connectivity index (χ2n) is 8.13. The van der Waals surface area contributed by atoms with Gasteiger partial charge in [-0.1, -0.05) is 50.5 Å². The minimum atomic E-state index is 0.0223. The molecule has 0 spiro atoms. The maximum atomic E-state index is 12.4. The fourth-order valence-electron chi connectivity index (χ4n) is 3.98. The van der Waals surface area contributed by atoms with Gasteiger partial charge in [0.15, 0.2) is 0 Å². The van der Waals surface area contributed by atoms with Gasteiger partial charge in [0.05, 0.1) is 0 Å². The van der Waals surface area contributed by atoms with Crippen LogP contribution in [-0.2, 0) is 16.0 Å². The molecule has 1 aliphatic carbocycles. The Hall–Kier alpha value is -3.08. The average Bonchev–Trinajstić information content (AvgIpc) is 3.20. The van der Waals surface area contributed by atoms with E-state index in [4.69, 9.17) is 0 Å². The summed E-state index contributed by atoms with van der Waals surface area (Å²) in [6.45, 7) is 5.59. The van der Waals surface area contributed by atoms with Crippen molar-refractivity contribution in [2.75, 3.05) is 16.0 Å². The molecular weight excluding hydrogens is 374 g/mol. The highest BCUT2D eigenvalue weighted by molar-refractivity contribution is 5.91. The number of benzene rings is 2. The van der Waals surface area contributed by atoms with Crippen molar-refractivity contribution in [3.8, 4) is 0 Å². The molecule has 0 radical (unpaired) electrons. The number of Topliss-reactive ketones (excluding diaryl/α,β-unsaturated/α-hetero) is 1. The quantitative estimate of drug-likeness (QED) is 0.473. The molecule has 2 aromatic rings. The molecule has 1 saturated carbocycles. The van der Waals surface area contributed by atoms with Gasteiger partial charge in [-0.2, -0.15) is 0 Å². The number of anilines is 3. The molecule has 2 aromatic carbocycles. The number of carbonyl (C=O) groups is 2. The lowest BCUT2D eigenvalue weighted by molar-refractivity contribution is -0.117. The van der Waals surface area contributed by atoms with Crippen LogP contribution in [0.15, 0.2) is 60.9 Å². The summed E-state index contributed by atoms with van der Waals surface area (Å²) in [4.78, 5) is 24.1. The summed E-state index contributed by atoms with van der Waals surface area (Å²) >= 11 is 0. The molecule has 0 heterocycles. The highest BCUT2D eigenvalue weighted by atomic mass is 16.1. The van der Waals surface area contributed by atoms with Gasteiger partial charge in [0, 0.05) is 29.9 Å². The number of para-hydroxylation sites is 1. The molecule has 3 N–H and O–H groups in total. The summed E-state index contributed by atoms with van der Waals surface area (Å²) in [5, 5.41) is 9.43. The highest BCUT2D eigenvalue weighted by Gasteiger charge is 2.16. The van der Waals surface area contributed by atoms with Crippen LogP contribution >= 0.6 is 0 Å². The Morgan fingerprint density at radius 1 is 0.933 bits per heavy atom. The Bertz CT molecular complexity index is 887. The van der Waals surface area contributed by atoms with Crippen molar-refractivity contribution < 1.29 is 9.59 Å². The van der Waals surface area contributed by atoms with E-state index in [0.29, 0.717) is 30.3 Å². The Morgan fingerprint density at radius 3 is 2.23 bits per heavy atom. The molecule has 0 aromatic heterocycles. The molecule has 0 atom stereocenters. The topological polar surface area (TPSA) is 70.2 Å². The van der Waals surface area contributed by atoms with Crippen LogP contribution in [0.3, 0.4) is 0 Å². The van der Waals surface area contributed by atoms with Gasteiger partial charge in [0.25, 0.3) is 0 Å². The van der Waals surface area contributed by atoms with Gasteiger partial charge in [0.2, 0.25) is 5.91 Å². The zero-order valence-corrected chi connectivity index (χ0v) is 17.7. The minimum Gasteiger partial charge on any atom is -0.342 e. The van der Waals surface area contributed by atoms with Gasteiger partial charge >= 0.3 is 0 Å². The molecule has 1 aliphatic rings. The monoisotopic (exact) mass is 405 g/mol. The van der Waals surface area contributed by atoms with Crippen molar-refractivity contribution in [2.24, 2.45) is 5.92 Å². The molecule has 158 valence electrons. The van der Waals surface area contributed by atoms with Crippen molar-refractivity contribution in [1.82, 2.24) is 0 Å². The lowest BCUT2D eigenvalue weighted by atomic mass is 10.0. The van der Waals surface area contributed by atoms with Crippen LogP contribution in [0.1, 0.15) is 51.0 Å². The molecule has 30 heavy (non-hydrogen) atoms. The van der Waals surface area contributed by atoms with Crippen LogP contribution in [-0.4, -0.2) is 11.7 Å². The normalized spacial score (nSPS) is 13.6. The predicted octanol–water partition coefficient (Wildman–Crippen LogP) is 5.72. The standard InChI is InChI=1S/C25H31N3O2/c1-18(29)14-21-15-23(27-19(2)26-22-10-4-3-5-11-22)17-24(16-21)28-25(30)13-12-20-8-6-7-9-20/h3-5,10-11,15-17,20,26-27H,2,6-9,12-14H2,1H3,(H,28,30). The van der Waals surface area contributed by atoms with E-state index in [0.717, 1.165) is 23.4 Å². The summed E-state index contributed by atoms with van der Waals surface area (Å²) in [6, 6.07) is 15.4. The third kappa shape index (κ3) is 7.07. The summed E-state index contributed by atoms with van der Waals surface area (Å²) in [5.41, 5.74) is 3.25. The summed E-state index contributed by atoms with van der Waals surface area (Å²) in [6.07, 6.45) is 6.86. The van der Waals surface area contributed by atoms with Crippen LogP contribution < -0.4 is 16.0 Å². The van der Waals surface area contributed by atoms with Crippen molar-refractivity contribution in [3.05, 3.63) is 66.5 Å². The van der Waals surface area contributed by atoms with Gasteiger partial charge < -0.3 is 16.0 Å². The number of ketones is 1. The first-order valence-electron chi connectivity index (χ1n) is 10.7. The summed E-state index contributed by atoms with van der Waals surface area (Å²) in [5.74, 6) is 1.39. The van der Waals surface area contributed by atoms with Gasteiger partial charge in [-0.15, -0.1) is 0 Å². The molecule has 0 bridgehead atoms. The van der Waals surface area contributed by atoms with E-state index in [2.05, 4.69) is 22.5 Å². The Balaban J connectivity index is 1.65. The molecule has 1 fully saturated rings. The van der Waals surface area contributed by atoms with Gasteiger partial charge in [-0.3, -0.25) is 9.59 Å². The smallest absolute Gasteiger partial charge is 0.224 e. The van der Waals surface area contributed by atoms with E-state index >= 15 is 0 Å². The third-order valence-electron chi connectivity index (χ3n) is 5.35. The first kappa shape index (κ1) is 21.6. The van der Waals surface area contributed by atoms with Crippen LogP contribution in [0.5, 0.6) is 0 Å². The maximum absolute atomic E-state index is 12.4. The first-order chi connectivity index (χ1) is 14.5. The van der Waals surface area contributed by atoms with Gasteiger partial charge in [-0.25, -0.2) is 0 Å². The van der Waals surface area contributed by atoms with E-state index in [1.54, 1.807) is 6.92 Å². The molecule has 0 unspecified atom stereocenters. The number of rotatable bonds is 10. The molecule has 0 aliphatic heterocycles. The zero-order chi connectivity index (χ0) is 21.3. The Kier molecular flexibility index (Phi) is 7.66. The predicted molar refractivity (Wildman–Crippen MR) is 123 cm³/mol. The maximum Gasteiger partial charge on any atom is 0.224 e. The number of hydrogen-bond donors (Lipinski definition) is 3. The number of carbonyl (C=O) groups excluding carboxylic acids is 2. The Morgan fingerprint density at radius 2 is 1.57 bits per heavy atom. The third-order valence-corrected chi connectivity index (χ3v) is 5.35. The summed E-state index contributed by atoms with van der Waals surface area (Å²) in [7, 11) is 0. The lowest BCUT2D eigenvalue weighted by Crippen LogP contribution is -2.14. The SMILES string of the molecule is C=C(Nc1ccccc1)Nc1cc(CC(C)=O)cc(NC(=O)CCC2CCCC2)c1. The van der Waals surface area contributed by atoms with E-state index in [1.165, 1.54) is 25.7 Å². The second-order valence-corrected chi connectivity index (χ2v) is 8.13. The molecular formula is C25H31N3O2. The van der Waals surface area contributed by atoms with Gasteiger partial charge in [0.1, 0.15) is 11.6 Å². The largest absolute Gasteiger partial charge is 0.342 e. The van der Waals surface area contributed by atoms with Crippen LogP contribution in [0.2, 0.25) is 0 Å². The van der Waals surface area contributed by atoms with Crippen molar-refractivity contribution in [3.63, 3.8) is 0 Å². The van der Waals surface area contributed by atoms with Crippen LogP contribution in [0.25, 0.3) is 0 Å². The highest BCUT2D eigenvalue weighted by Crippen LogP contribution is 2.29. The molecule has 5 nitrogen and oxygen atoms in total. The first-order valence-corrected chi connectivity index (χ1v) is 10.7. The minimum absolute atomic E-state index is 0.0223. The zero-order valence-electron chi connectivity index (χ0n) is 17.7. The number of hydrogen-bond acceptors (Lipinski definition) is 4. The average molecular weight is 406 g/mol. The van der Waals surface area contributed by atoms with Crippen LogP contribution in [0.4, 0.5) is 17.1 Å². The van der Waals surface area contributed by atoms with E-state index in [1.807, 2.05) is 48.5 Å². The lowest BCUT2D eigenvalue weighted by Gasteiger charge is -2.15. The second kappa shape index (κ2) is 10.6. The fourth-order valence-corrected chi connectivity index (χ4v) is 3.98. The van der Waals surface area contributed by atoms with Crippen molar-refractivity contribution >= 4 is 28.8 Å². The van der Waals surface area contributed by atoms with Gasteiger partial charge in [-0.05, 0) is 55.2 Å². The van der Waals surface area contributed by atoms with E-state index in [-0.39, 0.29) is 11.7 Å². The summed E-state index contributed by atoms with van der Waals surface area (Å²) < 4.78 is 0. The van der Waals surface area contributed by atoms with E-state index in [9.17, 15) is 9.59 Å². The fraction of sp³-hybridized carbons (Fsp3) is 0.360. The number of amides is 1. The molecule has 5 heteroatoms. The molecule has 1 amide bonds. The van der Waals surface area contributed by atoms with Crippen molar-refractivity contribution in [2.45, 2.75) is 51.9 Å². The molecule has 3 rings (SSSR count). The number of nitrogens with one attached hydrogen (secondary N) is 3. The van der Waals surface area contributed by atoms with Crippen molar-refractivity contribution in [1.29, 1.82) is 0 Å². The van der Waals surface area contributed by atoms with E-state index < -0.39 is 0 Å². The Labute approximate surface area is 179 Å². The van der Waals surface area contributed by atoms with Crippen LogP contribution in [0, 0.1) is 5.92 Å². The molecule has 0 saturated heterocycles.